The minimum absolute atomic E-state index is 0.197. The summed E-state index contributed by atoms with van der Waals surface area (Å²) in [5.41, 5.74) is -2.57. The van der Waals surface area contributed by atoms with Gasteiger partial charge in [-0.1, -0.05) is 32.9 Å². The van der Waals surface area contributed by atoms with E-state index in [0.717, 1.165) is 19.5 Å². The van der Waals surface area contributed by atoms with Gasteiger partial charge in [0.05, 0.1) is 29.6 Å². The highest BCUT2D eigenvalue weighted by atomic mass is 16.7. The van der Waals surface area contributed by atoms with Crippen molar-refractivity contribution in [2.24, 2.45) is 28.8 Å². The molecule has 0 aromatic heterocycles. The fourth-order valence-corrected chi connectivity index (χ4v) is 7.51. The van der Waals surface area contributed by atoms with Crippen LogP contribution in [0.25, 0.3) is 0 Å². The van der Waals surface area contributed by atoms with Gasteiger partial charge in [-0.15, -0.1) is 0 Å². The molecule has 0 spiro atoms. The van der Waals surface area contributed by atoms with E-state index in [-0.39, 0.29) is 25.0 Å². The van der Waals surface area contributed by atoms with Gasteiger partial charge in [-0.05, 0) is 80.6 Å². The van der Waals surface area contributed by atoms with Crippen LogP contribution in [-0.2, 0) is 33.4 Å². The third-order valence-electron chi connectivity index (χ3n) is 11.0. The minimum atomic E-state index is -1.87. The van der Waals surface area contributed by atoms with Gasteiger partial charge in [0, 0.05) is 37.5 Å². The van der Waals surface area contributed by atoms with Crippen molar-refractivity contribution in [3.05, 3.63) is 0 Å². The highest BCUT2D eigenvalue weighted by molar-refractivity contribution is 6.00. The molecule has 0 aromatic carbocycles. The Labute approximate surface area is 287 Å². The fraction of sp³-hybridized carbons (Fsp3) is 0.914. The molecule has 3 aliphatic heterocycles. The van der Waals surface area contributed by atoms with Crippen LogP contribution in [0.15, 0.2) is 5.16 Å². The van der Waals surface area contributed by atoms with Crippen LogP contribution < -0.4 is 0 Å². The van der Waals surface area contributed by atoms with Gasteiger partial charge in [0.1, 0.15) is 30.3 Å². The van der Waals surface area contributed by atoms with Crippen LogP contribution in [0, 0.1) is 23.7 Å². The second kappa shape index (κ2) is 17.0. The van der Waals surface area contributed by atoms with Gasteiger partial charge in [0.25, 0.3) is 0 Å². The number of esters is 1. The molecule has 13 atom stereocenters. The van der Waals surface area contributed by atoms with Crippen molar-refractivity contribution in [3.63, 3.8) is 0 Å². The van der Waals surface area contributed by atoms with E-state index in [2.05, 4.69) is 10.1 Å². The zero-order chi connectivity index (χ0) is 36.1. The number of methoxy groups -OCH3 is 1. The molecule has 3 rings (SSSR count). The molecule has 0 amide bonds. The molecule has 13 nitrogen and oxygen atoms in total. The van der Waals surface area contributed by atoms with Gasteiger partial charge in [0.15, 0.2) is 12.1 Å². The number of hydrogen-bond acceptors (Lipinski definition) is 13. The van der Waals surface area contributed by atoms with Gasteiger partial charge < -0.3 is 44.0 Å². The van der Waals surface area contributed by atoms with Crippen molar-refractivity contribution in [3.8, 4) is 0 Å². The summed E-state index contributed by atoms with van der Waals surface area (Å²) >= 11 is 0. The van der Waals surface area contributed by atoms with Crippen molar-refractivity contribution in [1.29, 1.82) is 0 Å². The van der Waals surface area contributed by atoms with Crippen molar-refractivity contribution in [2.75, 3.05) is 47.4 Å². The Kier molecular flexibility index (Phi) is 14.4. The minimum Gasteiger partial charge on any atom is -0.459 e. The number of carbonyl (C=O) groups excluding carboxylic acids is 2. The second-order valence-electron chi connectivity index (χ2n) is 15.0. The SMILES string of the molecule is CC[C@H]1OC(=O)[C@H](C)C(=O)[C@H](C)[C@@H](O[C@@H]2O[C@H](C)C[C@H](N(C)C)[C@H]2O)[C@](C)(OC)C[C@@H](C)/C(=N\OCCN2CCC2)[C@H](C)[C@@H](O)[C@]1(C)O. The van der Waals surface area contributed by atoms with E-state index in [1.165, 1.54) is 21.0 Å². The van der Waals surface area contributed by atoms with Crippen molar-refractivity contribution >= 4 is 17.5 Å². The normalized spacial score (nSPS) is 43.5. The van der Waals surface area contributed by atoms with Crippen molar-refractivity contribution < 1.29 is 48.7 Å². The predicted molar refractivity (Wildman–Crippen MR) is 180 cm³/mol. The van der Waals surface area contributed by atoms with Crippen LogP contribution in [0.5, 0.6) is 0 Å². The monoisotopic (exact) mass is 685 g/mol. The van der Waals surface area contributed by atoms with Crippen LogP contribution in [0.4, 0.5) is 0 Å². The molecule has 48 heavy (non-hydrogen) atoms. The Morgan fingerprint density at radius 1 is 1.06 bits per heavy atom. The Hall–Kier alpha value is -1.71. The third kappa shape index (κ3) is 9.14. The van der Waals surface area contributed by atoms with E-state index in [0.29, 0.717) is 25.3 Å². The van der Waals surface area contributed by atoms with Crippen LogP contribution in [0.1, 0.15) is 81.1 Å². The number of ketones is 1. The maximum absolute atomic E-state index is 14.1. The van der Waals surface area contributed by atoms with Gasteiger partial charge in [-0.2, -0.15) is 0 Å². The zero-order valence-electron chi connectivity index (χ0n) is 31.0. The molecule has 3 saturated heterocycles. The number of likely N-dealkylation sites (N-methyl/N-ethyl adjacent to an activating group) is 1. The number of likely N-dealkylation sites (tertiary alicyclic amines) is 1. The molecule has 3 N–H and O–H groups in total. The molecule has 0 aliphatic carbocycles. The zero-order valence-corrected chi connectivity index (χ0v) is 31.0. The molecule has 0 unspecified atom stereocenters. The van der Waals surface area contributed by atoms with Crippen LogP contribution in [0.2, 0.25) is 0 Å². The first-order valence-corrected chi connectivity index (χ1v) is 17.7. The van der Waals surface area contributed by atoms with Gasteiger partial charge >= 0.3 is 5.97 Å². The lowest BCUT2D eigenvalue weighted by Gasteiger charge is -2.47. The molecule has 0 saturated carbocycles. The Bertz CT molecular complexity index is 1100. The first-order chi connectivity index (χ1) is 22.4. The van der Waals surface area contributed by atoms with Crippen LogP contribution in [-0.4, -0.2) is 144 Å². The molecule has 3 fully saturated rings. The number of hydrogen-bond donors (Lipinski definition) is 3. The Morgan fingerprint density at radius 3 is 2.25 bits per heavy atom. The molecule has 0 bridgehead atoms. The average Bonchev–Trinajstić information content (AvgIpc) is 3.01. The maximum atomic E-state index is 14.1. The van der Waals surface area contributed by atoms with E-state index < -0.39 is 77.3 Å². The van der Waals surface area contributed by atoms with E-state index in [4.69, 9.17) is 23.8 Å². The third-order valence-corrected chi connectivity index (χ3v) is 11.0. The highest BCUT2D eigenvalue weighted by Crippen LogP contribution is 2.38. The molecular weight excluding hydrogens is 622 g/mol. The molecule has 3 heterocycles. The number of cyclic esters (lactones) is 1. The summed E-state index contributed by atoms with van der Waals surface area (Å²) in [5.74, 6) is -4.52. The van der Waals surface area contributed by atoms with E-state index in [1.807, 2.05) is 39.8 Å². The average molecular weight is 686 g/mol. The Morgan fingerprint density at radius 2 is 1.71 bits per heavy atom. The predicted octanol–water partition coefficient (Wildman–Crippen LogP) is 2.23. The summed E-state index contributed by atoms with van der Waals surface area (Å²) < 4.78 is 24.7. The highest BCUT2D eigenvalue weighted by Gasteiger charge is 2.51. The molecule has 0 aromatic rings. The topological polar surface area (TPSA) is 160 Å². The van der Waals surface area contributed by atoms with Gasteiger partial charge in [-0.3, -0.25) is 14.5 Å². The summed E-state index contributed by atoms with van der Waals surface area (Å²) in [4.78, 5) is 37.5. The first kappa shape index (κ1) is 40.7. The quantitative estimate of drug-likeness (QED) is 0.141. The number of nitrogens with zero attached hydrogens (tertiary/aromatic N) is 3. The molecule has 0 radical (unpaired) electrons. The van der Waals surface area contributed by atoms with E-state index >= 15 is 0 Å². The standard InChI is InChI=1S/C35H63N3O10/c1-12-26-35(8,43)30(41)22(4)27(36-45-17-16-38-14-13-15-38)20(2)19-34(7,44-11)31(23(5)28(39)24(6)32(42)47-26)48-33-29(40)25(37(9)10)18-21(3)46-33/h20-26,29-31,33,40-41,43H,12-19H2,1-11H3/b36-27+/t20-,21-,22+,23+,24-,25+,26-,29-,30-,31-,33+,34-,35-/m1/s1. The van der Waals surface area contributed by atoms with Crippen molar-refractivity contribution in [1.82, 2.24) is 9.80 Å². The summed E-state index contributed by atoms with van der Waals surface area (Å²) in [6.07, 6.45) is -3.62. The largest absolute Gasteiger partial charge is 0.459 e. The maximum Gasteiger partial charge on any atom is 0.316 e. The first-order valence-electron chi connectivity index (χ1n) is 17.7. The van der Waals surface area contributed by atoms with E-state index in [9.17, 15) is 24.9 Å². The lowest BCUT2D eigenvalue weighted by molar-refractivity contribution is -0.295. The smallest absolute Gasteiger partial charge is 0.316 e. The second-order valence-corrected chi connectivity index (χ2v) is 15.0. The number of oxime groups is 1. The Balaban J connectivity index is 2.09. The molecule has 3 aliphatic rings. The lowest BCUT2D eigenvalue weighted by Crippen LogP contribution is -2.60. The van der Waals surface area contributed by atoms with Gasteiger partial charge in [0.2, 0.25) is 0 Å². The van der Waals surface area contributed by atoms with Crippen LogP contribution in [0.3, 0.4) is 0 Å². The lowest BCUT2D eigenvalue weighted by atomic mass is 9.74. The summed E-state index contributed by atoms with van der Waals surface area (Å²) in [6, 6.07) is -0.252. The van der Waals surface area contributed by atoms with E-state index in [1.54, 1.807) is 20.8 Å². The number of carbonyl (C=O) groups is 2. The fourth-order valence-electron chi connectivity index (χ4n) is 7.51. The number of Topliss-reactive ketones (excluding diaryl/α,β-unsaturated/α-hetero) is 1. The molecule has 278 valence electrons. The number of rotatable bonds is 9. The summed E-state index contributed by atoms with van der Waals surface area (Å²) in [6.45, 7) is 16.8. The van der Waals surface area contributed by atoms with Crippen LogP contribution >= 0.6 is 0 Å². The molecular formula is C35H63N3O10. The molecule has 13 heteroatoms. The van der Waals surface area contributed by atoms with Gasteiger partial charge in [-0.25, -0.2) is 0 Å². The summed E-state index contributed by atoms with van der Waals surface area (Å²) in [5, 5.41) is 39.3. The number of aliphatic hydroxyl groups excluding tert-OH is 2. The van der Waals surface area contributed by atoms with Crippen molar-refractivity contribution in [2.45, 2.75) is 135 Å². The number of ether oxygens (including phenoxy) is 4. The summed E-state index contributed by atoms with van der Waals surface area (Å²) in [7, 11) is 5.29. The number of aliphatic hydroxyl groups is 3.